The summed E-state index contributed by atoms with van der Waals surface area (Å²) in [5.74, 6) is 0.0171. The van der Waals surface area contributed by atoms with E-state index in [1.807, 2.05) is 0 Å². The zero-order valence-electron chi connectivity index (χ0n) is 10.7. The van der Waals surface area contributed by atoms with Crippen LogP contribution in [0.1, 0.15) is 59.3 Å². The lowest BCUT2D eigenvalue weighted by atomic mass is 9.90. The van der Waals surface area contributed by atoms with Crippen molar-refractivity contribution in [1.82, 2.24) is 5.32 Å². The highest BCUT2D eigenvalue weighted by atomic mass is 35.5. The van der Waals surface area contributed by atoms with E-state index in [1.165, 1.54) is 19.3 Å². The molecular weight excluding hydrogens is 222 g/mol. The second-order valence-corrected chi connectivity index (χ2v) is 6.60. The number of nitrogens with one attached hydrogen (secondary N) is 1. The van der Waals surface area contributed by atoms with Gasteiger partial charge in [-0.25, -0.2) is 0 Å². The average Bonchev–Trinajstić information content (AvgIpc) is 2.16. The third-order valence-corrected chi connectivity index (χ3v) is 3.38. The molecule has 16 heavy (non-hydrogen) atoms. The normalized spacial score (nSPS) is 20.5. The molecule has 1 aliphatic rings. The first-order valence-corrected chi connectivity index (χ1v) is 6.76. The van der Waals surface area contributed by atoms with Crippen molar-refractivity contribution >= 4 is 17.5 Å². The van der Waals surface area contributed by atoms with Crippen molar-refractivity contribution < 1.29 is 4.79 Å². The fraction of sp³-hybridized carbons (Fsp3) is 0.923. The van der Waals surface area contributed by atoms with Gasteiger partial charge in [-0.15, -0.1) is 11.6 Å². The lowest BCUT2D eigenvalue weighted by Crippen LogP contribution is -2.41. The van der Waals surface area contributed by atoms with Crippen molar-refractivity contribution in [3.8, 4) is 0 Å². The maximum Gasteiger partial charge on any atom is 0.238 e. The van der Waals surface area contributed by atoms with E-state index in [1.54, 1.807) is 0 Å². The first kappa shape index (κ1) is 13.8. The summed E-state index contributed by atoms with van der Waals surface area (Å²) in [5.41, 5.74) is 0.107. The summed E-state index contributed by atoms with van der Waals surface area (Å²) in [4.78, 5) is 11.8. The van der Waals surface area contributed by atoms with Gasteiger partial charge < -0.3 is 5.32 Å². The van der Waals surface area contributed by atoms with Crippen molar-refractivity contribution in [1.29, 1.82) is 0 Å². The second kappa shape index (κ2) is 5.90. The molecule has 0 aromatic heterocycles. The zero-order chi connectivity index (χ0) is 12.2. The van der Waals surface area contributed by atoms with Crippen LogP contribution in [0.3, 0.4) is 0 Å². The van der Waals surface area contributed by atoms with E-state index in [4.69, 9.17) is 11.6 Å². The maximum atomic E-state index is 11.8. The predicted octanol–water partition coefficient (Wildman–Crippen LogP) is 3.48. The van der Waals surface area contributed by atoms with Gasteiger partial charge in [0, 0.05) is 6.04 Å². The molecule has 0 bridgehead atoms. The molecule has 0 spiro atoms. The summed E-state index contributed by atoms with van der Waals surface area (Å²) in [6.07, 6.45) is 6.73. The summed E-state index contributed by atoms with van der Waals surface area (Å²) in [5, 5.41) is 2.68. The molecule has 1 amide bonds. The number of amides is 1. The first-order chi connectivity index (χ1) is 7.38. The Bertz CT molecular complexity index is 229. The average molecular weight is 246 g/mol. The molecule has 0 aromatic rings. The number of halogens is 1. The highest BCUT2D eigenvalue weighted by Gasteiger charge is 2.25. The summed E-state index contributed by atoms with van der Waals surface area (Å²) in [6.45, 7) is 6.32. The van der Waals surface area contributed by atoms with E-state index in [2.05, 4.69) is 26.1 Å². The van der Waals surface area contributed by atoms with Crippen LogP contribution in [0.15, 0.2) is 0 Å². The standard InChI is InChI=1S/C13H24ClNO/c1-13(2,3)9-11(14)12(16)15-10-7-5-4-6-8-10/h10-11H,4-9H2,1-3H3,(H,15,16). The predicted molar refractivity (Wildman–Crippen MR) is 68.7 cm³/mol. The number of alkyl halides is 1. The van der Waals surface area contributed by atoms with Crippen LogP contribution >= 0.6 is 11.6 Å². The monoisotopic (exact) mass is 245 g/mol. The van der Waals surface area contributed by atoms with Crippen LogP contribution in [0.4, 0.5) is 0 Å². The van der Waals surface area contributed by atoms with Crippen molar-refractivity contribution in [2.45, 2.75) is 70.7 Å². The molecule has 94 valence electrons. The topological polar surface area (TPSA) is 29.1 Å². The van der Waals surface area contributed by atoms with Crippen LogP contribution in [0.2, 0.25) is 0 Å². The summed E-state index contributed by atoms with van der Waals surface area (Å²) < 4.78 is 0. The molecule has 3 heteroatoms. The highest BCUT2D eigenvalue weighted by Crippen LogP contribution is 2.24. The van der Waals surface area contributed by atoms with Crippen LogP contribution in [0.5, 0.6) is 0 Å². The molecule has 1 saturated carbocycles. The number of hydrogen-bond donors (Lipinski definition) is 1. The summed E-state index contributed by atoms with van der Waals surface area (Å²) in [7, 11) is 0. The summed E-state index contributed by atoms with van der Waals surface area (Å²) >= 11 is 6.12. The van der Waals surface area contributed by atoms with E-state index in [0.29, 0.717) is 6.04 Å². The Kier molecular flexibility index (Phi) is 5.10. The van der Waals surface area contributed by atoms with Gasteiger partial charge >= 0.3 is 0 Å². The van der Waals surface area contributed by atoms with Crippen LogP contribution in [0, 0.1) is 5.41 Å². The van der Waals surface area contributed by atoms with Gasteiger partial charge in [-0.05, 0) is 24.7 Å². The minimum absolute atomic E-state index is 0.0171. The summed E-state index contributed by atoms with van der Waals surface area (Å²) in [6, 6.07) is 0.363. The van der Waals surface area contributed by atoms with Gasteiger partial charge in [-0.2, -0.15) is 0 Å². The fourth-order valence-electron chi connectivity index (χ4n) is 2.17. The van der Waals surface area contributed by atoms with Crippen LogP contribution < -0.4 is 5.32 Å². The molecule has 0 aromatic carbocycles. The Hall–Kier alpha value is -0.240. The van der Waals surface area contributed by atoms with Gasteiger partial charge in [-0.1, -0.05) is 40.0 Å². The second-order valence-electron chi connectivity index (χ2n) is 6.08. The third kappa shape index (κ3) is 5.20. The van der Waals surface area contributed by atoms with Crippen LogP contribution in [-0.4, -0.2) is 17.3 Å². The van der Waals surface area contributed by atoms with Crippen LogP contribution in [0.25, 0.3) is 0 Å². The Balaban J connectivity index is 2.33. The molecule has 2 nitrogen and oxygen atoms in total. The van der Waals surface area contributed by atoms with Gasteiger partial charge in [0.1, 0.15) is 5.38 Å². The van der Waals surface area contributed by atoms with Gasteiger partial charge in [-0.3, -0.25) is 4.79 Å². The molecule has 1 N–H and O–H groups in total. The minimum Gasteiger partial charge on any atom is -0.352 e. The molecule has 1 rings (SSSR count). The fourth-order valence-corrected chi connectivity index (χ4v) is 2.69. The van der Waals surface area contributed by atoms with Gasteiger partial charge in [0.2, 0.25) is 5.91 Å². The van der Waals surface area contributed by atoms with Crippen molar-refractivity contribution in [2.24, 2.45) is 5.41 Å². The first-order valence-electron chi connectivity index (χ1n) is 6.33. The smallest absolute Gasteiger partial charge is 0.238 e. The molecule has 1 fully saturated rings. The SMILES string of the molecule is CC(C)(C)CC(Cl)C(=O)NC1CCCCC1. The lowest BCUT2D eigenvalue weighted by Gasteiger charge is -2.26. The van der Waals surface area contributed by atoms with E-state index < -0.39 is 0 Å². The number of hydrogen-bond acceptors (Lipinski definition) is 1. The molecule has 0 saturated heterocycles. The Morgan fingerprint density at radius 2 is 1.88 bits per heavy atom. The van der Waals surface area contributed by atoms with E-state index in [0.717, 1.165) is 19.3 Å². The minimum atomic E-state index is -0.387. The quantitative estimate of drug-likeness (QED) is 0.758. The maximum absolute atomic E-state index is 11.8. The highest BCUT2D eigenvalue weighted by molar-refractivity contribution is 6.30. The van der Waals surface area contributed by atoms with E-state index in [-0.39, 0.29) is 16.7 Å². The number of rotatable bonds is 3. The van der Waals surface area contributed by atoms with Crippen LogP contribution in [-0.2, 0) is 4.79 Å². The largest absolute Gasteiger partial charge is 0.352 e. The lowest BCUT2D eigenvalue weighted by molar-refractivity contribution is -0.122. The van der Waals surface area contributed by atoms with Crippen molar-refractivity contribution in [3.63, 3.8) is 0 Å². The van der Waals surface area contributed by atoms with Crippen molar-refractivity contribution in [2.75, 3.05) is 0 Å². The molecule has 0 radical (unpaired) electrons. The Morgan fingerprint density at radius 1 is 1.31 bits per heavy atom. The number of carbonyl (C=O) groups excluding carboxylic acids is 1. The third-order valence-electron chi connectivity index (χ3n) is 3.03. The Morgan fingerprint density at radius 3 is 2.38 bits per heavy atom. The van der Waals surface area contributed by atoms with Gasteiger partial charge in [0.15, 0.2) is 0 Å². The Labute approximate surface area is 104 Å². The zero-order valence-corrected chi connectivity index (χ0v) is 11.4. The molecular formula is C13H24ClNO. The molecule has 1 unspecified atom stereocenters. The molecule has 1 atom stereocenters. The van der Waals surface area contributed by atoms with Gasteiger partial charge in [0.05, 0.1) is 0 Å². The van der Waals surface area contributed by atoms with E-state index >= 15 is 0 Å². The van der Waals surface area contributed by atoms with Crippen molar-refractivity contribution in [3.05, 3.63) is 0 Å². The molecule has 0 heterocycles. The van der Waals surface area contributed by atoms with E-state index in [9.17, 15) is 4.79 Å². The molecule has 0 aliphatic heterocycles. The molecule has 1 aliphatic carbocycles. The number of carbonyl (C=O) groups is 1. The van der Waals surface area contributed by atoms with Gasteiger partial charge in [0.25, 0.3) is 0 Å².